The molecule has 19 heavy (non-hydrogen) atoms. The molecule has 0 bridgehead atoms. The number of anilines is 1. The molecule has 1 aromatic carbocycles. The van der Waals surface area contributed by atoms with Gasteiger partial charge in [0, 0.05) is 11.5 Å². The number of nitrogen functional groups attached to an aromatic ring is 1. The largest absolute Gasteiger partial charge is 0.454 e. The lowest BCUT2D eigenvalue weighted by Gasteiger charge is -1.98. The van der Waals surface area contributed by atoms with Crippen molar-refractivity contribution in [2.24, 2.45) is 0 Å². The molecule has 5 heteroatoms. The summed E-state index contributed by atoms with van der Waals surface area (Å²) in [4.78, 5) is 0. The van der Waals surface area contributed by atoms with E-state index in [2.05, 4.69) is 11.2 Å². The van der Waals surface area contributed by atoms with E-state index in [1.165, 1.54) is 5.56 Å². The fourth-order valence-corrected chi connectivity index (χ4v) is 2.11. The summed E-state index contributed by atoms with van der Waals surface area (Å²) < 4.78 is 7.32. The summed E-state index contributed by atoms with van der Waals surface area (Å²) in [5.74, 6) is 1.20. The number of fused-ring (bicyclic) bond motifs is 1. The molecule has 0 spiro atoms. The third-order valence-electron chi connectivity index (χ3n) is 3.05. The fraction of sp³-hybridized carbons (Fsp3) is 0.214. The quantitative estimate of drug-likeness (QED) is 0.754. The Bertz CT molecular complexity index is 727. The van der Waals surface area contributed by atoms with Gasteiger partial charge in [0.25, 0.3) is 0 Å². The Hall–Kier alpha value is -2.27. The van der Waals surface area contributed by atoms with Crippen molar-refractivity contribution in [3.05, 3.63) is 35.9 Å². The van der Waals surface area contributed by atoms with Gasteiger partial charge in [-0.25, -0.2) is 4.68 Å². The van der Waals surface area contributed by atoms with Crippen molar-refractivity contribution < 1.29 is 9.52 Å². The average molecular weight is 257 g/mol. The molecule has 2 aromatic heterocycles. The van der Waals surface area contributed by atoms with Crippen LogP contribution in [0, 0.1) is 6.92 Å². The molecule has 0 amide bonds. The minimum absolute atomic E-state index is 0.00461. The van der Waals surface area contributed by atoms with Crippen molar-refractivity contribution in [1.82, 2.24) is 9.78 Å². The van der Waals surface area contributed by atoms with Gasteiger partial charge in [0.15, 0.2) is 5.76 Å². The second-order valence-corrected chi connectivity index (χ2v) is 4.55. The van der Waals surface area contributed by atoms with Gasteiger partial charge < -0.3 is 15.3 Å². The van der Waals surface area contributed by atoms with Crippen LogP contribution in [0.4, 0.5) is 5.82 Å². The van der Waals surface area contributed by atoms with Crippen LogP contribution in [0.1, 0.15) is 5.56 Å². The Morgan fingerprint density at radius 3 is 2.95 bits per heavy atom. The first-order chi connectivity index (χ1) is 9.17. The van der Waals surface area contributed by atoms with E-state index >= 15 is 0 Å². The number of benzene rings is 1. The zero-order chi connectivity index (χ0) is 13.4. The lowest BCUT2D eigenvalue weighted by Crippen LogP contribution is -2.07. The van der Waals surface area contributed by atoms with E-state index in [4.69, 9.17) is 15.3 Å². The molecule has 0 aliphatic carbocycles. The Morgan fingerprint density at radius 2 is 2.16 bits per heavy atom. The van der Waals surface area contributed by atoms with Crippen molar-refractivity contribution in [3.63, 3.8) is 0 Å². The van der Waals surface area contributed by atoms with Gasteiger partial charge in [-0.3, -0.25) is 0 Å². The maximum Gasteiger partial charge on any atom is 0.155 e. The summed E-state index contributed by atoms with van der Waals surface area (Å²) in [5.41, 5.74) is 8.53. The molecule has 0 saturated heterocycles. The Morgan fingerprint density at radius 1 is 1.32 bits per heavy atom. The smallest absolute Gasteiger partial charge is 0.155 e. The normalized spacial score (nSPS) is 11.3. The first kappa shape index (κ1) is 11.8. The number of aliphatic hydroxyl groups is 1. The number of furan rings is 1. The van der Waals surface area contributed by atoms with Gasteiger partial charge in [0.1, 0.15) is 17.1 Å². The number of aryl methyl sites for hydroxylation is 1. The maximum atomic E-state index is 8.93. The van der Waals surface area contributed by atoms with E-state index in [1.807, 2.05) is 25.1 Å². The lowest BCUT2D eigenvalue weighted by atomic mass is 10.2. The van der Waals surface area contributed by atoms with Gasteiger partial charge in [-0.2, -0.15) is 5.10 Å². The number of aromatic nitrogens is 2. The van der Waals surface area contributed by atoms with Crippen LogP contribution in [0.25, 0.3) is 22.4 Å². The average Bonchev–Trinajstić information content (AvgIpc) is 2.94. The molecule has 3 N–H and O–H groups in total. The summed E-state index contributed by atoms with van der Waals surface area (Å²) in [6, 6.07) is 9.72. The molecule has 0 aliphatic heterocycles. The molecular formula is C14H15N3O2. The zero-order valence-corrected chi connectivity index (χ0v) is 10.6. The molecule has 0 atom stereocenters. The fourth-order valence-electron chi connectivity index (χ4n) is 2.11. The number of rotatable bonds is 3. The van der Waals surface area contributed by atoms with Gasteiger partial charge in [-0.05, 0) is 25.1 Å². The summed E-state index contributed by atoms with van der Waals surface area (Å²) >= 11 is 0. The highest BCUT2D eigenvalue weighted by molar-refractivity contribution is 5.83. The molecule has 0 radical (unpaired) electrons. The summed E-state index contributed by atoms with van der Waals surface area (Å²) in [6.45, 7) is 2.43. The first-order valence-electron chi connectivity index (χ1n) is 6.12. The number of hydrogen-bond donors (Lipinski definition) is 2. The molecule has 0 aliphatic rings. The van der Waals surface area contributed by atoms with E-state index < -0.39 is 0 Å². The van der Waals surface area contributed by atoms with E-state index in [-0.39, 0.29) is 6.61 Å². The molecule has 2 heterocycles. The van der Waals surface area contributed by atoms with Crippen LogP contribution in [0.15, 0.2) is 34.7 Å². The van der Waals surface area contributed by atoms with Crippen LogP contribution < -0.4 is 5.73 Å². The van der Waals surface area contributed by atoms with Crippen molar-refractivity contribution >= 4 is 16.8 Å². The Balaban J connectivity index is 2.06. The summed E-state index contributed by atoms with van der Waals surface area (Å²) in [7, 11) is 0. The summed E-state index contributed by atoms with van der Waals surface area (Å²) in [5, 5.41) is 14.3. The van der Waals surface area contributed by atoms with Crippen molar-refractivity contribution in [1.29, 1.82) is 0 Å². The second-order valence-electron chi connectivity index (χ2n) is 4.55. The third kappa shape index (κ3) is 2.08. The molecule has 0 fully saturated rings. The third-order valence-corrected chi connectivity index (χ3v) is 3.05. The van der Waals surface area contributed by atoms with E-state index in [9.17, 15) is 0 Å². The standard InChI is InChI=1S/C14H15N3O2/c1-9-2-3-12-10(6-9)7-13(19-12)11-8-14(15)17(16-11)4-5-18/h2-3,6-8,18H,4-5,15H2,1H3. The highest BCUT2D eigenvalue weighted by Gasteiger charge is 2.11. The van der Waals surface area contributed by atoms with Crippen LogP contribution in [-0.4, -0.2) is 21.5 Å². The van der Waals surface area contributed by atoms with Gasteiger partial charge in [-0.1, -0.05) is 11.6 Å². The van der Waals surface area contributed by atoms with E-state index in [0.717, 1.165) is 11.0 Å². The number of nitrogens with zero attached hydrogens (tertiary/aromatic N) is 2. The highest BCUT2D eigenvalue weighted by atomic mass is 16.3. The van der Waals surface area contributed by atoms with Gasteiger partial charge >= 0.3 is 0 Å². The molecule has 98 valence electrons. The topological polar surface area (TPSA) is 77.2 Å². The minimum Gasteiger partial charge on any atom is -0.454 e. The molecule has 0 saturated carbocycles. The number of nitrogens with two attached hydrogens (primary N) is 1. The summed E-state index contributed by atoms with van der Waals surface area (Å²) in [6.07, 6.45) is 0. The maximum absolute atomic E-state index is 8.93. The number of hydrogen-bond acceptors (Lipinski definition) is 4. The SMILES string of the molecule is Cc1ccc2oc(-c3cc(N)n(CCO)n3)cc2c1. The van der Waals surface area contributed by atoms with Crippen molar-refractivity contribution in [2.45, 2.75) is 13.5 Å². The molecule has 0 unspecified atom stereocenters. The van der Waals surface area contributed by atoms with Crippen LogP contribution in [0.3, 0.4) is 0 Å². The highest BCUT2D eigenvalue weighted by Crippen LogP contribution is 2.28. The molecular weight excluding hydrogens is 242 g/mol. The van der Waals surface area contributed by atoms with Gasteiger partial charge in [0.05, 0.1) is 13.2 Å². The minimum atomic E-state index is 0.00461. The predicted molar refractivity (Wildman–Crippen MR) is 73.7 cm³/mol. The second kappa shape index (κ2) is 4.44. The molecule has 3 aromatic rings. The van der Waals surface area contributed by atoms with Crippen LogP contribution in [-0.2, 0) is 6.54 Å². The van der Waals surface area contributed by atoms with Crippen molar-refractivity contribution in [3.8, 4) is 11.5 Å². The van der Waals surface area contributed by atoms with Crippen LogP contribution >= 0.6 is 0 Å². The van der Waals surface area contributed by atoms with Gasteiger partial charge in [-0.15, -0.1) is 0 Å². The van der Waals surface area contributed by atoms with Crippen LogP contribution in [0.2, 0.25) is 0 Å². The Kier molecular flexibility index (Phi) is 2.76. The van der Waals surface area contributed by atoms with Crippen LogP contribution in [0.5, 0.6) is 0 Å². The Labute approximate surface area is 110 Å². The lowest BCUT2D eigenvalue weighted by molar-refractivity contribution is 0.270. The molecule has 5 nitrogen and oxygen atoms in total. The monoisotopic (exact) mass is 257 g/mol. The predicted octanol–water partition coefficient (Wildman–Crippen LogP) is 2.18. The molecule has 3 rings (SSSR count). The first-order valence-corrected chi connectivity index (χ1v) is 6.12. The van der Waals surface area contributed by atoms with E-state index in [0.29, 0.717) is 23.8 Å². The van der Waals surface area contributed by atoms with Gasteiger partial charge in [0.2, 0.25) is 0 Å². The van der Waals surface area contributed by atoms with Crippen molar-refractivity contribution in [2.75, 3.05) is 12.3 Å². The van der Waals surface area contributed by atoms with E-state index in [1.54, 1.807) is 10.7 Å². The zero-order valence-electron chi connectivity index (χ0n) is 10.6. The number of aliphatic hydroxyl groups excluding tert-OH is 1.